The van der Waals surface area contributed by atoms with Crippen molar-refractivity contribution in [2.45, 2.75) is 57.3 Å². The Morgan fingerprint density at radius 3 is 2.83 bits per heavy atom. The Kier molecular flexibility index (Phi) is 8.23. The molecule has 2 aromatic heterocycles. The molecule has 186 valence electrons. The van der Waals surface area contributed by atoms with E-state index in [1.807, 2.05) is 36.6 Å². The molecule has 1 atom stereocenters. The minimum absolute atomic E-state index is 0.118. The van der Waals surface area contributed by atoms with Crippen molar-refractivity contribution in [3.8, 4) is 6.07 Å². The van der Waals surface area contributed by atoms with Crippen molar-refractivity contribution in [1.82, 2.24) is 20.1 Å². The first-order valence-electron chi connectivity index (χ1n) is 11.8. The number of aromatic nitrogens is 3. The normalized spacial score (nSPS) is 13.4. The number of nitrogens with one attached hydrogen (secondary N) is 2. The zero-order chi connectivity index (χ0) is 25.7. The number of hydrogen-bond acceptors (Lipinski definition) is 7. The second-order valence-corrected chi connectivity index (χ2v) is 10.7. The number of hydrogen-bond donors (Lipinski definition) is 2. The number of allylic oxidation sites excluding steroid dienone is 1. The number of aryl methyl sites for hydroxylation is 2. The topological polar surface area (TPSA) is 113 Å². The molecule has 4 rings (SSSR count). The van der Waals surface area contributed by atoms with Crippen LogP contribution < -0.4 is 10.6 Å². The van der Waals surface area contributed by atoms with E-state index >= 15 is 0 Å². The molecule has 36 heavy (non-hydrogen) atoms. The molecular formula is C26H28N6O2S2. The van der Waals surface area contributed by atoms with Crippen LogP contribution in [-0.2, 0) is 24.2 Å². The monoisotopic (exact) mass is 520 g/mol. The van der Waals surface area contributed by atoms with Crippen molar-refractivity contribution in [2.24, 2.45) is 0 Å². The van der Waals surface area contributed by atoms with Gasteiger partial charge in [-0.25, -0.2) is 0 Å². The summed E-state index contributed by atoms with van der Waals surface area (Å²) in [6.45, 7) is 8.00. The summed E-state index contributed by atoms with van der Waals surface area (Å²) in [5.41, 5.74) is 3.19. The molecule has 0 aliphatic heterocycles. The van der Waals surface area contributed by atoms with E-state index in [0.717, 1.165) is 36.8 Å². The van der Waals surface area contributed by atoms with E-state index in [2.05, 4.69) is 33.5 Å². The predicted octanol–water partition coefficient (Wildman–Crippen LogP) is 4.81. The van der Waals surface area contributed by atoms with Crippen LogP contribution in [0.3, 0.4) is 0 Å². The summed E-state index contributed by atoms with van der Waals surface area (Å²) in [7, 11) is 0. The van der Waals surface area contributed by atoms with Crippen LogP contribution in [0.4, 0.5) is 5.00 Å². The van der Waals surface area contributed by atoms with Gasteiger partial charge in [0.15, 0.2) is 11.0 Å². The van der Waals surface area contributed by atoms with Crippen molar-refractivity contribution < 1.29 is 9.59 Å². The number of anilines is 1. The molecule has 2 heterocycles. The molecule has 0 saturated carbocycles. The van der Waals surface area contributed by atoms with Gasteiger partial charge < -0.3 is 15.2 Å². The average molecular weight is 521 g/mol. The van der Waals surface area contributed by atoms with Gasteiger partial charge in [-0.3, -0.25) is 9.59 Å². The zero-order valence-corrected chi connectivity index (χ0v) is 22.0. The molecule has 2 N–H and O–H groups in total. The first kappa shape index (κ1) is 25.7. The Hall–Kier alpha value is -3.42. The molecular weight excluding hydrogens is 492 g/mol. The molecule has 10 heteroatoms. The third-order valence-electron chi connectivity index (χ3n) is 6.05. The van der Waals surface area contributed by atoms with Crippen LogP contribution in [-0.4, -0.2) is 32.3 Å². The van der Waals surface area contributed by atoms with Crippen LogP contribution in [0.15, 0.2) is 42.1 Å². The summed E-state index contributed by atoms with van der Waals surface area (Å²) in [6.07, 6.45) is 5.78. The quantitative estimate of drug-likeness (QED) is 0.309. The molecule has 0 radical (unpaired) electrons. The summed E-state index contributed by atoms with van der Waals surface area (Å²) in [6, 6.07) is 9.27. The molecule has 2 amide bonds. The molecule has 8 nitrogen and oxygen atoms in total. The first-order chi connectivity index (χ1) is 17.4. The van der Waals surface area contributed by atoms with Gasteiger partial charge in [0.25, 0.3) is 5.91 Å². The SMILES string of the molecule is C=CCn1c(SCC(=O)Nc2sc3c(c2C#N)CCCC3)nnc1[C@H](C)NC(=O)c1ccccc1C. The van der Waals surface area contributed by atoms with Crippen molar-refractivity contribution >= 4 is 39.9 Å². The van der Waals surface area contributed by atoms with Gasteiger partial charge >= 0.3 is 0 Å². The molecule has 3 aromatic rings. The number of nitriles is 1. The highest BCUT2D eigenvalue weighted by molar-refractivity contribution is 7.99. The zero-order valence-electron chi connectivity index (χ0n) is 20.3. The van der Waals surface area contributed by atoms with E-state index in [0.29, 0.717) is 33.7 Å². The number of fused-ring (bicyclic) bond motifs is 1. The van der Waals surface area contributed by atoms with Gasteiger partial charge in [0.2, 0.25) is 5.91 Å². The summed E-state index contributed by atoms with van der Waals surface area (Å²) < 4.78 is 1.85. The minimum Gasteiger partial charge on any atom is -0.342 e. The second kappa shape index (κ2) is 11.5. The number of carbonyl (C=O) groups is 2. The van der Waals surface area contributed by atoms with Crippen LogP contribution in [0.2, 0.25) is 0 Å². The van der Waals surface area contributed by atoms with Crippen molar-refractivity contribution in [3.63, 3.8) is 0 Å². The van der Waals surface area contributed by atoms with Gasteiger partial charge in [-0.15, -0.1) is 28.1 Å². The fourth-order valence-electron chi connectivity index (χ4n) is 4.26. The summed E-state index contributed by atoms with van der Waals surface area (Å²) in [5.74, 6) is 0.310. The van der Waals surface area contributed by atoms with Crippen LogP contribution in [0.1, 0.15) is 63.6 Å². The van der Waals surface area contributed by atoms with Gasteiger partial charge in [-0.1, -0.05) is 36.0 Å². The standard InChI is InChI=1S/C26H28N6O2S2/c1-4-13-32-23(17(3)28-24(34)18-10-6-5-9-16(18)2)30-31-26(32)35-15-22(33)29-25-20(14-27)19-11-7-8-12-21(19)36-25/h4-6,9-10,17H,1,7-8,11-13,15H2,2-3H3,(H,28,34)(H,29,33)/t17-/m0/s1. The Labute approximate surface area is 218 Å². The summed E-state index contributed by atoms with van der Waals surface area (Å²) in [5, 5.41) is 25.3. The Morgan fingerprint density at radius 1 is 1.31 bits per heavy atom. The van der Waals surface area contributed by atoms with Gasteiger partial charge in [-0.05, 0) is 56.7 Å². The molecule has 1 aliphatic carbocycles. The number of amides is 2. The number of benzene rings is 1. The number of nitrogens with zero attached hydrogens (tertiary/aromatic N) is 4. The van der Waals surface area contributed by atoms with E-state index in [4.69, 9.17) is 0 Å². The van der Waals surface area contributed by atoms with Crippen LogP contribution >= 0.6 is 23.1 Å². The van der Waals surface area contributed by atoms with E-state index in [-0.39, 0.29) is 17.6 Å². The lowest BCUT2D eigenvalue weighted by molar-refractivity contribution is -0.113. The highest BCUT2D eigenvalue weighted by Crippen LogP contribution is 2.37. The lowest BCUT2D eigenvalue weighted by atomic mass is 9.96. The number of carbonyl (C=O) groups excluding carboxylic acids is 2. The number of thioether (sulfide) groups is 1. The maximum absolute atomic E-state index is 12.8. The second-order valence-electron chi connectivity index (χ2n) is 8.61. The van der Waals surface area contributed by atoms with Gasteiger partial charge in [0.05, 0.1) is 17.4 Å². The molecule has 0 spiro atoms. The lowest BCUT2D eigenvalue weighted by Gasteiger charge is -2.16. The van der Waals surface area contributed by atoms with E-state index < -0.39 is 6.04 Å². The average Bonchev–Trinajstić information content (AvgIpc) is 3.43. The van der Waals surface area contributed by atoms with Crippen LogP contribution in [0.5, 0.6) is 0 Å². The van der Waals surface area contributed by atoms with Gasteiger partial charge in [0, 0.05) is 17.0 Å². The maximum Gasteiger partial charge on any atom is 0.252 e. The van der Waals surface area contributed by atoms with E-state index in [1.54, 1.807) is 12.1 Å². The predicted molar refractivity (Wildman–Crippen MR) is 142 cm³/mol. The molecule has 1 aliphatic rings. The molecule has 0 saturated heterocycles. The minimum atomic E-state index is -0.400. The third kappa shape index (κ3) is 5.53. The molecule has 0 bridgehead atoms. The fraction of sp³-hybridized carbons (Fsp3) is 0.346. The van der Waals surface area contributed by atoms with Gasteiger partial charge in [0.1, 0.15) is 11.1 Å². The highest BCUT2D eigenvalue weighted by atomic mass is 32.2. The van der Waals surface area contributed by atoms with Crippen molar-refractivity contribution in [3.05, 3.63) is 69.9 Å². The lowest BCUT2D eigenvalue weighted by Crippen LogP contribution is -2.29. The van der Waals surface area contributed by atoms with Crippen LogP contribution in [0.25, 0.3) is 0 Å². The molecule has 0 fully saturated rings. The Bertz CT molecular complexity index is 1340. The van der Waals surface area contributed by atoms with Gasteiger partial charge in [-0.2, -0.15) is 5.26 Å². The van der Waals surface area contributed by atoms with Crippen molar-refractivity contribution in [2.75, 3.05) is 11.1 Å². The Balaban J connectivity index is 1.43. The summed E-state index contributed by atoms with van der Waals surface area (Å²) >= 11 is 2.77. The van der Waals surface area contributed by atoms with E-state index in [9.17, 15) is 14.9 Å². The van der Waals surface area contributed by atoms with Crippen molar-refractivity contribution in [1.29, 1.82) is 5.26 Å². The first-order valence-corrected chi connectivity index (χ1v) is 13.6. The largest absolute Gasteiger partial charge is 0.342 e. The molecule has 0 unspecified atom stereocenters. The fourth-order valence-corrected chi connectivity index (χ4v) is 6.27. The Morgan fingerprint density at radius 2 is 2.08 bits per heavy atom. The van der Waals surface area contributed by atoms with E-state index in [1.165, 1.54) is 28.0 Å². The smallest absolute Gasteiger partial charge is 0.252 e. The highest BCUT2D eigenvalue weighted by Gasteiger charge is 2.23. The van der Waals surface area contributed by atoms with Crippen LogP contribution in [0, 0.1) is 18.3 Å². The number of thiophene rings is 1. The number of rotatable bonds is 9. The summed E-state index contributed by atoms with van der Waals surface area (Å²) in [4.78, 5) is 26.7. The third-order valence-corrected chi connectivity index (χ3v) is 8.22. The molecule has 1 aromatic carbocycles. The maximum atomic E-state index is 12.8.